The Bertz CT molecular complexity index is 719. The number of amides is 2. The zero-order chi connectivity index (χ0) is 23.9. The molecule has 1 aliphatic heterocycles. The van der Waals surface area contributed by atoms with Crippen molar-refractivity contribution in [1.82, 2.24) is 15.5 Å². The van der Waals surface area contributed by atoms with E-state index in [1.807, 2.05) is 26.8 Å². The molecule has 7 nitrogen and oxygen atoms in total. The number of carbonyl (C=O) groups is 2. The van der Waals surface area contributed by atoms with E-state index in [4.69, 9.17) is 5.73 Å². The summed E-state index contributed by atoms with van der Waals surface area (Å²) in [7, 11) is 0. The lowest BCUT2D eigenvalue weighted by atomic mass is 9.86. The molecule has 9 heteroatoms. The Balaban J connectivity index is 1.90. The fourth-order valence-corrected chi connectivity index (χ4v) is 3.99. The lowest BCUT2D eigenvalue weighted by molar-refractivity contribution is -0.141. The number of alkyl halides is 2. The van der Waals surface area contributed by atoms with Crippen LogP contribution in [0.1, 0.15) is 59.3 Å². The van der Waals surface area contributed by atoms with Gasteiger partial charge in [0.25, 0.3) is 0 Å². The highest BCUT2D eigenvalue weighted by Crippen LogP contribution is 2.24. The van der Waals surface area contributed by atoms with Gasteiger partial charge >= 0.3 is 0 Å². The Kier molecular flexibility index (Phi) is 9.64. The van der Waals surface area contributed by atoms with Gasteiger partial charge in [0.2, 0.25) is 18.2 Å². The second kappa shape index (κ2) is 11.7. The molecule has 0 spiro atoms. The minimum Gasteiger partial charge on any atom is -0.512 e. The number of carbonyl (C=O) groups excluding carboxylic acids is 2. The molecule has 1 fully saturated rings. The lowest BCUT2D eigenvalue weighted by Crippen LogP contribution is -2.56. The number of halogens is 2. The Morgan fingerprint density at radius 1 is 1.34 bits per heavy atom. The van der Waals surface area contributed by atoms with Crippen LogP contribution in [-0.4, -0.2) is 66.0 Å². The molecule has 1 heterocycles. The van der Waals surface area contributed by atoms with Gasteiger partial charge in [-0.1, -0.05) is 26.8 Å². The molecule has 1 saturated heterocycles. The number of nitrogens with zero attached hydrogens (tertiary/aromatic N) is 1. The largest absolute Gasteiger partial charge is 0.512 e. The van der Waals surface area contributed by atoms with Crippen molar-refractivity contribution in [1.29, 1.82) is 0 Å². The highest BCUT2D eigenvalue weighted by Gasteiger charge is 2.39. The molecule has 3 atom stereocenters. The average Bonchev–Trinajstić information content (AvgIpc) is 3.19. The molecule has 1 aliphatic carbocycles. The van der Waals surface area contributed by atoms with Crippen molar-refractivity contribution < 1.29 is 23.5 Å². The van der Waals surface area contributed by atoms with E-state index in [0.717, 1.165) is 12.0 Å². The summed E-state index contributed by atoms with van der Waals surface area (Å²) in [4.78, 5) is 27.2. The third kappa shape index (κ3) is 7.85. The molecular weight excluding hydrogens is 418 g/mol. The summed E-state index contributed by atoms with van der Waals surface area (Å²) in [5, 5.41) is 15.4. The van der Waals surface area contributed by atoms with Crippen molar-refractivity contribution in [2.24, 2.45) is 11.1 Å². The number of nitrogens with one attached hydrogen (secondary N) is 2. The molecule has 0 aromatic rings. The van der Waals surface area contributed by atoms with Gasteiger partial charge in [-0.3, -0.25) is 9.59 Å². The maximum Gasteiger partial charge on any atom is 0.243 e. The van der Waals surface area contributed by atoms with Crippen molar-refractivity contribution in [2.75, 3.05) is 19.6 Å². The highest BCUT2D eigenvalue weighted by molar-refractivity contribution is 5.90. The van der Waals surface area contributed by atoms with Crippen LogP contribution in [0.2, 0.25) is 0 Å². The number of aliphatic hydroxyl groups excluding tert-OH is 1. The van der Waals surface area contributed by atoms with Gasteiger partial charge in [0.05, 0.1) is 11.8 Å². The fraction of sp³-hybridized carbons (Fsp3) is 0.739. The zero-order valence-electron chi connectivity index (χ0n) is 19.4. The van der Waals surface area contributed by atoms with E-state index in [1.54, 1.807) is 6.08 Å². The average molecular weight is 457 g/mol. The maximum atomic E-state index is 13.1. The normalized spacial score (nSPS) is 21.2. The van der Waals surface area contributed by atoms with E-state index in [0.29, 0.717) is 44.5 Å². The van der Waals surface area contributed by atoms with Crippen LogP contribution in [0.15, 0.2) is 23.5 Å². The Hall–Kier alpha value is -2.00. The summed E-state index contributed by atoms with van der Waals surface area (Å²) in [6.45, 7) is 6.78. The van der Waals surface area contributed by atoms with Crippen LogP contribution in [0.4, 0.5) is 8.78 Å². The van der Waals surface area contributed by atoms with Gasteiger partial charge in [0, 0.05) is 32.0 Å². The Labute approximate surface area is 189 Å². The molecule has 2 aliphatic rings. The van der Waals surface area contributed by atoms with Crippen molar-refractivity contribution >= 4 is 11.8 Å². The van der Waals surface area contributed by atoms with Gasteiger partial charge in [-0.2, -0.15) is 0 Å². The lowest BCUT2D eigenvalue weighted by Gasteiger charge is -2.33. The van der Waals surface area contributed by atoms with Crippen LogP contribution in [0.25, 0.3) is 0 Å². The number of nitrogens with two attached hydrogens (primary N) is 1. The zero-order valence-corrected chi connectivity index (χ0v) is 19.4. The number of rotatable bonds is 10. The van der Waals surface area contributed by atoms with Gasteiger partial charge < -0.3 is 26.4 Å². The van der Waals surface area contributed by atoms with E-state index in [-0.39, 0.29) is 12.5 Å². The minimum atomic E-state index is -2.56. The van der Waals surface area contributed by atoms with Crippen molar-refractivity contribution in [3.8, 4) is 0 Å². The summed E-state index contributed by atoms with van der Waals surface area (Å²) in [5.41, 5.74) is 6.66. The smallest absolute Gasteiger partial charge is 0.243 e. The monoisotopic (exact) mass is 456 g/mol. The first-order valence-electron chi connectivity index (χ1n) is 11.4. The van der Waals surface area contributed by atoms with Gasteiger partial charge in [-0.25, -0.2) is 8.78 Å². The Morgan fingerprint density at radius 3 is 2.69 bits per heavy atom. The number of likely N-dealkylation sites (tertiary alicyclic amines) is 1. The van der Waals surface area contributed by atoms with Crippen LogP contribution < -0.4 is 16.4 Å². The number of hydrogen-bond acceptors (Lipinski definition) is 5. The van der Waals surface area contributed by atoms with E-state index in [1.165, 1.54) is 4.90 Å². The van der Waals surface area contributed by atoms with Crippen LogP contribution in [0.5, 0.6) is 0 Å². The van der Waals surface area contributed by atoms with Crippen molar-refractivity contribution in [3.05, 3.63) is 23.5 Å². The Morgan fingerprint density at radius 2 is 2.06 bits per heavy atom. The van der Waals surface area contributed by atoms with Crippen molar-refractivity contribution in [2.45, 2.75) is 83.8 Å². The second-order valence-electron chi connectivity index (χ2n) is 9.77. The first kappa shape index (κ1) is 26.3. The molecule has 2 rings (SSSR count). The molecule has 0 aromatic carbocycles. The molecule has 2 amide bonds. The van der Waals surface area contributed by atoms with Crippen LogP contribution in [0.3, 0.4) is 0 Å². The van der Waals surface area contributed by atoms with Crippen LogP contribution in [0, 0.1) is 5.41 Å². The quantitative estimate of drug-likeness (QED) is 0.378. The molecule has 32 heavy (non-hydrogen) atoms. The first-order valence-corrected chi connectivity index (χ1v) is 11.4. The molecular formula is C23H38F2N4O3. The maximum absolute atomic E-state index is 13.1. The topological polar surface area (TPSA) is 108 Å². The molecule has 0 radical (unpaired) electrons. The molecule has 0 saturated carbocycles. The van der Waals surface area contributed by atoms with Crippen LogP contribution >= 0.6 is 0 Å². The number of aliphatic hydroxyl groups is 1. The minimum absolute atomic E-state index is 0.196. The van der Waals surface area contributed by atoms with Crippen molar-refractivity contribution in [3.63, 3.8) is 0 Å². The highest BCUT2D eigenvalue weighted by atomic mass is 19.3. The van der Waals surface area contributed by atoms with E-state index in [9.17, 15) is 23.5 Å². The molecule has 0 unspecified atom stereocenters. The number of hydrogen-bond donors (Lipinski definition) is 4. The molecule has 0 bridgehead atoms. The third-order valence-electron chi connectivity index (χ3n) is 5.99. The third-order valence-corrected chi connectivity index (χ3v) is 5.99. The summed E-state index contributed by atoms with van der Waals surface area (Å²) in [6, 6.07) is -2.17. The van der Waals surface area contributed by atoms with Gasteiger partial charge in [-0.05, 0) is 49.3 Å². The number of allylic oxidation sites excluding steroid dienone is 3. The predicted octanol–water partition coefficient (Wildman–Crippen LogP) is 2.63. The summed E-state index contributed by atoms with van der Waals surface area (Å²) in [5.74, 6) is -0.338. The summed E-state index contributed by atoms with van der Waals surface area (Å²) in [6.07, 6.45) is 4.02. The molecule has 0 aromatic heterocycles. The first-order chi connectivity index (χ1) is 15.0. The van der Waals surface area contributed by atoms with Crippen LogP contribution in [-0.2, 0) is 9.59 Å². The fourth-order valence-electron chi connectivity index (χ4n) is 3.99. The second-order valence-corrected chi connectivity index (χ2v) is 9.77. The molecule has 182 valence electrons. The SMILES string of the molecule is CC(C)(C)[C@H](N)C(=O)N1CCC[C@H]1C(=O)N[C@H](CNCCC1=CCCC(O)=C1)CC(F)F. The molecule has 5 N–H and O–H groups in total. The predicted molar refractivity (Wildman–Crippen MR) is 120 cm³/mol. The van der Waals surface area contributed by atoms with Gasteiger partial charge in [-0.15, -0.1) is 0 Å². The summed E-state index contributed by atoms with van der Waals surface area (Å²) >= 11 is 0. The van der Waals surface area contributed by atoms with Gasteiger partial charge in [0.15, 0.2) is 0 Å². The summed E-state index contributed by atoms with van der Waals surface area (Å²) < 4.78 is 26.2. The standard InChI is InChI=1S/C23H38F2N4O3/c1-23(2,3)20(26)22(32)29-11-5-8-18(29)21(31)28-16(13-19(24)25)14-27-10-9-15-6-4-7-17(30)12-15/h6,12,16,18-20,27,30H,4-5,7-11,13-14,26H2,1-3H3,(H,28,31)/t16-,18-,20+/m0/s1. The van der Waals surface area contributed by atoms with E-state index in [2.05, 4.69) is 10.6 Å². The van der Waals surface area contributed by atoms with Gasteiger partial charge in [0.1, 0.15) is 6.04 Å². The van der Waals surface area contributed by atoms with E-state index >= 15 is 0 Å². The van der Waals surface area contributed by atoms with E-state index < -0.39 is 42.3 Å².